The lowest BCUT2D eigenvalue weighted by molar-refractivity contribution is -0.115. The summed E-state index contributed by atoms with van der Waals surface area (Å²) in [6.07, 6.45) is 1.87. The minimum atomic E-state index is -0.134. The summed E-state index contributed by atoms with van der Waals surface area (Å²) < 4.78 is 6.02. The van der Waals surface area contributed by atoms with Gasteiger partial charge in [0.2, 0.25) is 0 Å². The minimum absolute atomic E-state index is 0.134. The molecule has 4 aromatic carbocycles. The van der Waals surface area contributed by atoms with Crippen molar-refractivity contribution in [2.75, 3.05) is 0 Å². The molecule has 0 aromatic heterocycles. The molecule has 1 N–H and O–H groups in total. The highest BCUT2D eigenvalue weighted by molar-refractivity contribution is 8.18. The van der Waals surface area contributed by atoms with Crippen molar-refractivity contribution in [2.45, 2.75) is 20.5 Å². The number of benzene rings is 4. The van der Waals surface area contributed by atoms with Crippen LogP contribution in [0.2, 0.25) is 0 Å². The van der Waals surface area contributed by atoms with Crippen molar-refractivity contribution in [1.82, 2.24) is 5.32 Å². The number of nitrogens with one attached hydrogen (secondary N) is 1. The summed E-state index contributed by atoms with van der Waals surface area (Å²) in [5.41, 5.74) is 5.22. The maximum Gasteiger partial charge on any atom is 0.264 e. The molecular weight excluding hydrogens is 440 g/mol. The first-order valence-corrected chi connectivity index (χ1v) is 11.9. The molecule has 0 spiro atoms. The third-order valence-electron chi connectivity index (χ3n) is 5.68. The number of carbonyl (C=O) groups is 1. The number of aryl methyl sites for hydroxylation is 2. The number of rotatable bonds is 5. The quantitative estimate of drug-likeness (QED) is 0.326. The van der Waals surface area contributed by atoms with Gasteiger partial charge in [-0.05, 0) is 77.3 Å². The van der Waals surface area contributed by atoms with Gasteiger partial charge in [0.15, 0.2) is 5.17 Å². The molecule has 34 heavy (non-hydrogen) atoms. The number of amidine groups is 1. The monoisotopic (exact) mass is 464 g/mol. The molecule has 0 radical (unpaired) electrons. The number of hydrogen-bond donors (Lipinski definition) is 1. The van der Waals surface area contributed by atoms with E-state index in [1.807, 2.05) is 61.5 Å². The number of nitrogens with zero attached hydrogens (tertiary/aromatic N) is 1. The van der Waals surface area contributed by atoms with E-state index >= 15 is 0 Å². The summed E-state index contributed by atoms with van der Waals surface area (Å²) in [4.78, 5) is 17.7. The van der Waals surface area contributed by atoms with E-state index in [4.69, 9.17) is 4.74 Å². The van der Waals surface area contributed by atoms with Crippen LogP contribution in [0.1, 0.15) is 22.3 Å². The van der Waals surface area contributed by atoms with Crippen LogP contribution in [-0.2, 0) is 11.4 Å². The lowest BCUT2D eigenvalue weighted by Gasteiger charge is -2.09. The molecule has 168 valence electrons. The number of hydrogen-bond acceptors (Lipinski definition) is 4. The number of thioether (sulfide) groups is 1. The molecular formula is C29H24N2O2S. The van der Waals surface area contributed by atoms with Gasteiger partial charge >= 0.3 is 0 Å². The fourth-order valence-electron chi connectivity index (χ4n) is 3.91. The predicted octanol–water partition coefficient (Wildman–Crippen LogP) is 6.93. The molecule has 0 atom stereocenters. The Labute approximate surface area is 203 Å². The van der Waals surface area contributed by atoms with Crippen molar-refractivity contribution in [1.29, 1.82) is 0 Å². The molecule has 5 rings (SSSR count). The highest BCUT2D eigenvalue weighted by Gasteiger charge is 2.24. The van der Waals surface area contributed by atoms with Crippen LogP contribution in [0.4, 0.5) is 5.69 Å². The van der Waals surface area contributed by atoms with Crippen LogP contribution in [0.25, 0.3) is 16.8 Å². The number of aliphatic imine (C=N–C) groups is 1. The van der Waals surface area contributed by atoms with Crippen molar-refractivity contribution >= 4 is 45.4 Å². The van der Waals surface area contributed by atoms with Crippen LogP contribution in [-0.4, -0.2) is 11.1 Å². The highest BCUT2D eigenvalue weighted by atomic mass is 32.2. The lowest BCUT2D eigenvalue weighted by atomic mass is 10.1. The van der Waals surface area contributed by atoms with Gasteiger partial charge in [0.05, 0.1) is 10.6 Å². The standard InChI is InChI=1S/C29H24N2O2S/c1-19-10-15-26(20(2)16-19)30-29-31-28(32)27(34-29)17-21-11-13-24(14-12-21)33-18-23-8-5-7-22-6-3-4-9-25(22)23/h3-17H,18H2,1-2H3,(H,30,31,32)/b27-17+. The summed E-state index contributed by atoms with van der Waals surface area (Å²) in [6.45, 7) is 4.57. The molecule has 1 fully saturated rings. The van der Waals surface area contributed by atoms with Gasteiger partial charge in [0, 0.05) is 0 Å². The van der Waals surface area contributed by atoms with E-state index in [0.717, 1.165) is 28.1 Å². The Morgan fingerprint density at radius 3 is 2.56 bits per heavy atom. The second-order valence-corrected chi connectivity index (χ2v) is 9.30. The van der Waals surface area contributed by atoms with E-state index in [1.165, 1.54) is 28.1 Å². The Kier molecular flexibility index (Phi) is 6.19. The summed E-state index contributed by atoms with van der Waals surface area (Å²) >= 11 is 1.35. The van der Waals surface area contributed by atoms with Crippen molar-refractivity contribution in [3.63, 3.8) is 0 Å². The fraction of sp³-hybridized carbons (Fsp3) is 0.103. The Morgan fingerprint density at radius 1 is 0.941 bits per heavy atom. The van der Waals surface area contributed by atoms with E-state index in [1.54, 1.807) is 0 Å². The second-order valence-electron chi connectivity index (χ2n) is 8.27. The third kappa shape index (κ3) is 4.90. The molecule has 0 unspecified atom stereocenters. The zero-order valence-corrected chi connectivity index (χ0v) is 19.9. The maximum absolute atomic E-state index is 12.4. The molecule has 0 saturated carbocycles. The summed E-state index contributed by atoms with van der Waals surface area (Å²) in [6, 6.07) is 28.4. The van der Waals surface area contributed by atoms with Gasteiger partial charge in [-0.3, -0.25) is 4.79 Å². The van der Waals surface area contributed by atoms with E-state index in [0.29, 0.717) is 16.7 Å². The average molecular weight is 465 g/mol. The highest BCUT2D eigenvalue weighted by Crippen LogP contribution is 2.30. The zero-order valence-electron chi connectivity index (χ0n) is 19.0. The van der Waals surface area contributed by atoms with E-state index in [9.17, 15) is 4.79 Å². The molecule has 4 nitrogen and oxygen atoms in total. The van der Waals surface area contributed by atoms with Crippen LogP contribution in [0.15, 0.2) is 94.8 Å². The number of fused-ring (bicyclic) bond motifs is 1. The third-order valence-corrected chi connectivity index (χ3v) is 6.59. The van der Waals surface area contributed by atoms with Gasteiger partial charge in [0.25, 0.3) is 5.91 Å². The van der Waals surface area contributed by atoms with Crippen LogP contribution in [0.5, 0.6) is 5.75 Å². The minimum Gasteiger partial charge on any atom is -0.489 e. The molecule has 4 aromatic rings. The molecule has 5 heteroatoms. The SMILES string of the molecule is Cc1ccc(N=C2NC(=O)/C(=C\c3ccc(OCc4cccc5ccccc45)cc3)S2)c(C)c1. The van der Waals surface area contributed by atoms with Crippen molar-refractivity contribution in [2.24, 2.45) is 4.99 Å². The first kappa shape index (κ1) is 22.0. The zero-order chi connectivity index (χ0) is 23.5. The molecule has 1 aliphatic rings. The molecule has 0 aliphatic carbocycles. The maximum atomic E-state index is 12.4. The summed E-state index contributed by atoms with van der Waals surface area (Å²) in [5, 5.41) is 5.87. The van der Waals surface area contributed by atoms with E-state index < -0.39 is 0 Å². The van der Waals surface area contributed by atoms with Gasteiger partial charge in [-0.2, -0.15) is 0 Å². The second kappa shape index (κ2) is 9.57. The largest absolute Gasteiger partial charge is 0.489 e. The average Bonchev–Trinajstić information content (AvgIpc) is 3.19. The fourth-order valence-corrected chi connectivity index (χ4v) is 4.75. The van der Waals surface area contributed by atoms with Crippen molar-refractivity contribution in [3.05, 3.63) is 112 Å². The molecule has 1 aliphatic heterocycles. The Morgan fingerprint density at radius 2 is 1.74 bits per heavy atom. The number of carbonyl (C=O) groups excluding carboxylic acids is 1. The van der Waals surface area contributed by atoms with E-state index in [2.05, 4.69) is 53.6 Å². The number of ether oxygens (including phenoxy) is 1. The van der Waals surface area contributed by atoms with Gasteiger partial charge in [0.1, 0.15) is 12.4 Å². The van der Waals surface area contributed by atoms with E-state index in [-0.39, 0.29) is 5.91 Å². The van der Waals surface area contributed by atoms with Crippen LogP contribution in [0.3, 0.4) is 0 Å². The molecule has 1 amide bonds. The van der Waals surface area contributed by atoms with Gasteiger partial charge in [-0.15, -0.1) is 0 Å². The van der Waals surface area contributed by atoms with Crippen molar-refractivity contribution in [3.8, 4) is 5.75 Å². The van der Waals surface area contributed by atoms with Crippen molar-refractivity contribution < 1.29 is 9.53 Å². The first-order chi connectivity index (χ1) is 16.5. The summed E-state index contributed by atoms with van der Waals surface area (Å²) in [7, 11) is 0. The Bertz CT molecular complexity index is 1430. The topological polar surface area (TPSA) is 50.7 Å². The normalized spacial score (nSPS) is 15.8. The Balaban J connectivity index is 1.26. The first-order valence-electron chi connectivity index (χ1n) is 11.1. The van der Waals surface area contributed by atoms with Crippen LogP contribution < -0.4 is 10.1 Å². The smallest absolute Gasteiger partial charge is 0.264 e. The summed E-state index contributed by atoms with van der Waals surface area (Å²) in [5.74, 6) is 0.653. The van der Waals surface area contributed by atoms with Gasteiger partial charge in [-0.25, -0.2) is 4.99 Å². The van der Waals surface area contributed by atoms with Gasteiger partial charge < -0.3 is 10.1 Å². The van der Waals surface area contributed by atoms with Gasteiger partial charge in [-0.1, -0.05) is 72.3 Å². The Hall–Kier alpha value is -3.83. The molecule has 1 saturated heterocycles. The molecule has 1 heterocycles. The predicted molar refractivity (Wildman–Crippen MR) is 141 cm³/mol. The number of amides is 1. The molecule has 0 bridgehead atoms. The van der Waals surface area contributed by atoms with Crippen LogP contribution in [0, 0.1) is 13.8 Å². The van der Waals surface area contributed by atoms with Crippen LogP contribution >= 0.6 is 11.8 Å². The lowest BCUT2D eigenvalue weighted by Crippen LogP contribution is -2.19.